The lowest BCUT2D eigenvalue weighted by Gasteiger charge is -2.10. The number of nitrogens with one attached hydrogen (secondary N) is 3. The number of carbonyl (C=O) groups excluding carboxylic acids is 1. The number of nitrogens with zero attached hydrogens (tertiary/aromatic N) is 3. The number of sulfonamides is 1. The Labute approximate surface area is 166 Å². The van der Waals surface area contributed by atoms with Crippen LogP contribution in [0.1, 0.15) is 15.9 Å². The summed E-state index contributed by atoms with van der Waals surface area (Å²) in [4.78, 5) is 23.0. The molecule has 9 nitrogen and oxygen atoms in total. The molecule has 1 aromatic carbocycles. The summed E-state index contributed by atoms with van der Waals surface area (Å²) in [6, 6.07) is 3.04. The fraction of sp³-hybridized carbons (Fsp3) is 0. The van der Waals surface area contributed by atoms with E-state index in [-0.39, 0.29) is 16.0 Å². The highest BCUT2D eigenvalue weighted by molar-refractivity contribution is 7.92. The van der Waals surface area contributed by atoms with Gasteiger partial charge in [-0.2, -0.15) is 13.5 Å². The molecule has 0 aliphatic heterocycles. The molecule has 0 atom stereocenters. The average molecular weight is 439 g/mol. The van der Waals surface area contributed by atoms with Gasteiger partial charge in [0.1, 0.15) is 17.8 Å². The third kappa shape index (κ3) is 3.32. The van der Waals surface area contributed by atoms with Crippen LogP contribution in [0.15, 0.2) is 42.1 Å². The molecule has 3 heterocycles. The predicted molar refractivity (Wildman–Crippen MR) is 98.1 cm³/mol. The Hall–Kier alpha value is -3.38. The number of carbonyl (C=O) groups is 1. The number of anilines is 1. The molecule has 0 saturated carbocycles. The van der Waals surface area contributed by atoms with E-state index in [4.69, 9.17) is 11.6 Å². The number of hydrogen-bond acceptors (Lipinski definition) is 6. The number of fused-ring (bicyclic) bond motifs is 1. The zero-order valence-corrected chi connectivity index (χ0v) is 15.6. The van der Waals surface area contributed by atoms with Crippen molar-refractivity contribution >= 4 is 44.1 Å². The van der Waals surface area contributed by atoms with E-state index in [0.29, 0.717) is 5.65 Å². The van der Waals surface area contributed by atoms with Gasteiger partial charge in [-0.1, -0.05) is 11.6 Å². The molecule has 0 unspecified atom stereocenters. The van der Waals surface area contributed by atoms with Crippen molar-refractivity contribution in [3.63, 3.8) is 0 Å². The van der Waals surface area contributed by atoms with Gasteiger partial charge in [-0.25, -0.2) is 23.8 Å². The van der Waals surface area contributed by atoms with Gasteiger partial charge < -0.3 is 4.98 Å². The Kier molecular flexibility index (Phi) is 4.51. The number of aromatic amines is 2. The number of H-pyrrole nitrogens is 2. The van der Waals surface area contributed by atoms with Gasteiger partial charge in [0, 0.05) is 23.3 Å². The lowest BCUT2D eigenvalue weighted by Crippen LogP contribution is -2.17. The van der Waals surface area contributed by atoms with E-state index in [0.717, 1.165) is 18.5 Å². The Morgan fingerprint density at radius 3 is 2.72 bits per heavy atom. The number of ketones is 1. The monoisotopic (exact) mass is 438 g/mol. The van der Waals surface area contributed by atoms with E-state index < -0.39 is 43.8 Å². The first-order valence-corrected chi connectivity index (χ1v) is 9.67. The minimum atomic E-state index is -4.33. The molecule has 3 N–H and O–H groups in total. The van der Waals surface area contributed by atoms with Crippen molar-refractivity contribution < 1.29 is 22.0 Å². The summed E-state index contributed by atoms with van der Waals surface area (Å²) in [5.74, 6) is -3.57. The molecule has 29 heavy (non-hydrogen) atoms. The standard InChI is InChI=1S/C16H9ClF2N6O3S/c17-7-3-8-9(5-21-15(8)20-4-7)14(26)12-10(18)1-2-11(13(12)19)25-29(27,28)16-22-6-23-24-16/h1-6,25H,(H,20,21)(H,22,23,24). The van der Waals surface area contributed by atoms with Crippen LogP contribution in [0.3, 0.4) is 0 Å². The van der Waals surface area contributed by atoms with Crippen molar-refractivity contribution in [2.75, 3.05) is 4.72 Å². The van der Waals surface area contributed by atoms with Crippen LogP contribution in [0.4, 0.5) is 14.5 Å². The Morgan fingerprint density at radius 2 is 2.00 bits per heavy atom. The summed E-state index contributed by atoms with van der Waals surface area (Å²) >= 11 is 5.88. The van der Waals surface area contributed by atoms with Crippen LogP contribution in [0.2, 0.25) is 5.02 Å². The van der Waals surface area contributed by atoms with Crippen LogP contribution in [-0.2, 0) is 10.0 Å². The fourth-order valence-corrected chi connectivity index (χ4v) is 3.72. The number of benzene rings is 1. The molecule has 0 amide bonds. The van der Waals surface area contributed by atoms with Gasteiger partial charge in [-0.15, -0.1) is 0 Å². The number of halogens is 3. The number of rotatable bonds is 5. The van der Waals surface area contributed by atoms with Gasteiger partial charge in [-0.05, 0) is 18.2 Å². The van der Waals surface area contributed by atoms with Crippen LogP contribution in [-0.4, -0.2) is 39.4 Å². The highest BCUT2D eigenvalue weighted by Crippen LogP contribution is 2.28. The molecule has 0 spiro atoms. The van der Waals surface area contributed by atoms with Crippen molar-refractivity contribution in [3.8, 4) is 0 Å². The van der Waals surface area contributed by atoms with Crippen LogP contribution < -0.4 is 4.72 Å². The molecular weight excluding hydrogens is 430 g/mol. The summed E-state index contributed by atoms with van der Waals surface area (Å²) in [5.41, 5.74) is -1.37. The Bertz CT molecular complexity index is 1350. The average Bonchev–Trinajstić information content (AvgIpc) is 3.34. The van der Waals surface area contributed by atoms with Gasteiger partial charge in [0.2, 0.25) is 5.78 Å². The molecule has 4 rings (SSSR count). The quantitative estimate of drug-likeness (QED) is 0.410. The largest absolute Gasteiger partial charge is 0.345 e. The van der Waals surface area contributed by atoms with Crippen LogP contribution >= 0.6 is 11.6 Å². The maximum atomic E-state index is 14.9. The smallest absolute Gasteiger partial charge is 0.297 e. The lowest BCUT2D eigenvalue weighted by atomic mass is 10.0. The maximum absolute atomic E-state index is 14.9. The molecule has 13 heteroatoms. The molecular formula is C16H9ClF2N6O3S. The first-order chi connectivity index (χ1) is 13.8. The molecule has 0 aliphatic rings. The van der Waals surface area contributed by atoms with Gasteiger partial charge in [-0.3, -0.25) is 9.52 Å². The van der Waals surface area contributed by atoms with Gasteiger partial charge in [0.15, 0.2) is 5.82 Å². The fourth-order valence-electron chi connectivity index (χ4n) is 2.66. The van der Waals surface area contributed by atoms with Crippen LogP contribution in [0.5, 0.6) is 0 Å². The Morgan fingerprint density at radius 1 is 1.21 bits per heavy atom. The number of aromatic nitrogens is 5. The minimum Gasteiger partial charge on any atom is -0.345 e. The molecule has 3 aromatic heterocycles. The second-order valence-corrected chi connectivity index (χ2v) is 7.80. The molecule has 0 aliphatic carbocycles. The topological polar surface area (TPSA) is 133 Å². The predicted octanol–water partition coefficient (Wildman–Crippen LogP) is 2.64. The first-order valence-electron chi connectivity index (χ1n) is 7.81. The van der Waals surface area contributed by atoms with E-state index in [2.05, 4.69) is 25.1 Å². The van der Waals surface area contributed by atoms with E-state index in [9.17, 15) is 22.0 Å². The maximum Gasteiger partial charge on any atom is 0.297 e. The van der Waals surface area contributed by atoms with E-state index >= 15 is 0 Å². The summed E-state index contributed by atoms with van der Waals surface area (Å²) in [7, 11) is -4.33. The molecule has 0 bridgehead atoms. The highest BCUT2D eigenvalue weighted by atomic mass is 35.5. The third-order valence-electron chi connectivity index (χ3n) is 3.95. The zero-order chi connectivity index (χ0) is 20.8. The Balaban J connectivity index is 1.79. The van der Waals surface area contributed by atoms with Gasteiger partial charge in [0.05, 0.1) is 16.3 Å². The number of pyridine rings is 1. The van der Waals surface area contributed by atoms with E-state index in [1.165, 1.54) is 18.5 Å². The molecule has 0 fully saturated rings. The molecule has 0 saturated heterocycles. The van der Waals surface area contributed by atoms with E-state index in [1.54, 1.807) is 0 Å². The molecule has 148 valence electrons. The van der Waals surface area contributed by atoms with Crippen molar-refractivity contribution in [2.45, 2.75) is 5.16 Å². The van der Waals surface area contributed by atoms with Crippen LogP contribution in [0, 0.1) is 11.6 Å². The summed E-state index contributed by atoms with van der Waals surface area (Å²) in [6.07, 6.45) is 3.52. The second kappa shape index (κ2) is 6.90. The zero-order valence-electron chi connectivity index (χ0n) is 14.1. The second-order valence-electron chi connectivity index (χ2n) is 5.76. The van der Waals surface area contributed by atoms with E-state index in [1.807, 2.05) is 4.72 Å². The summed E-state index contributed by atoms with van der Waals surface area (Å²) in [5, 5.41) is 5.42. The number of hydrogen-bond donors (Lipinski definition) is 3. The van der Waals surface area contributed by atoms with Crippen LogP contribution in [0.25, 0.3) is 11.0 Å². The van der Waals surface area contributed by atoms with Crippen molar-refractivity contribution in [3.05, 3.63) is 64.7 Å². The SMILES string of the molecule is O=C(c1c(F)ccc(NS(=O)(=O)c2ncn[nH]2)c1F)c1c[nH]c2ncc(Cl)cc12. The van der Waals surface area contributed by atoms with Crippen molar-refractivity contribution in [1.29, 1.82) is 0 Å². The summed E-state index contributed by atoms with van der Waals surface area (Å²) in [6.45, 7) is 0. The third-order valence-corrected chi connectivity index (χ3v) is 5.35. The van der Waals surface area contributed by atoms with Crippen molar-refractivity contribution in [1.82, 2.24) is 25.1 Å². The van der Waals surface area contributed by atoms with Gasteiger partial charge >= 0.3 is 0 Å². The normalized spacial score (nSPS) is 11.7. The van der Waals surface area contributed by atoms with Crippen molar-refractivity contribution in [2.24, 2.45) is 0 Å². The van der Waals surface area contributed by atoms with Gasteiger partial charge in [0.25, 0.3) is 15.2 Å². The summed E-state index contributed by atoms with van der Waals surface area (Å²) < 4.78 is 55.6. The lowest BCUT2D eigenvalue weighted by molar-refractivity contribution is 0.103. The minimum absolute atomic E-state index is 0.0805. The first kappa shape index (κ1) is 19.0. The highest BCUT2D eigenvalue weighted by Gasteiger charge is 2.27. The molecule has 0 radical (unpaired) electrons. The molecule has 4 aromatic rings.